The predicted octanol–water partition coefficient (Wildman–Crippen LogP) is 7.19. The largest absolute Gasteiger partial charge is 0.338 e. The van der Waals surface area contributed by atoms with Gasteiger partial charge in [0.05, 0.1) is 17.3 Å². The molecule has 1 N–H and O–H groups in total. The van der Waals surface area contributed by atoms with Crippen molar-refractivity contribution in [1.29, 1.82) is 0 Å². The molecule has 0 aliphatic carbocycles. The van der Waals surface area contributed by atoms with Crippen LogP contribution in [-0.4, -0.2) is 34.0 Å². The zero-order chi connectivity index (χ0) is 25.6. The van der Waals surface area contributed by atoms with E-state index in [9.17, 15) is 4.79 Å². The van der Waals surface area contributed by atoms with Gasteiger partial charge in [-0.15, -0.1) is 11.8 Å². The lowest BCUT2D eigenvalue weighted by atomic mass is 9.96. The van der Waals surface area contributed by atoms with Crippen LogP contribution < -0.4 is 5.32 Å². The Morgan fingerprint density at radius 1 is 1.00 bits per heavy atom. The van der Waals surface area contributed by atoms with Gasteiger partial charge in [0.15, 0.2) is 0 Å². The van der Waals surface area contributed by atoms with Gasteiger partial charge in [-0.3, -0.25) is 9.69 Å². The van der Waals surface area contributed by atoms with E-state index in [1.54, 1.807) is 17.8 Å². The Labute approximate surface area is 230 Å². The van der Waals surface area contributed by atoms with Gasteiger partial charge in [0.2, 0.25) is 17.6 Å². The lowest BCUT2D eigenvalue weighted by molar-refractivity contribution is -0.121. The fraction of sp³-hybridized carbons (Fsp3) is 0.250. The Bertz CT molecular complexity index is 1350. The molecular weight excluding hydrogens is 527 g/mol. The van der Waals surface area contributed by atoms with Crippen molar-refractivity contribution in [3.05, 3.63) is 94.3 Å². The summed E-state index contributed by atoms with van der Waals surface area (Å²) >= 11 is 13.9. The van der Waals surface area contributed by atoms with E-state index in [1.807, 2.05) is 66.7 Å². The maximum absolute atomic E-state index is 13.1. The number of amides is 1. The average Bonchev–Trinajstić information content (AvgIpc) is 3.38. The smallest absolute Gasteiger partial charge is 0.241 e. The second-order valence-electron chi connectivity index (χ2n) is 8.94. The van der Waals surface area contributed by atoms with Crippen molar-refractivity contribution in [2.75, 3.05) is 18.4 Å². The summed E-state index contributed by atoms with van der Waals surface area (Å²) in [6.45, 7) is 2.12. The highest BCUT2D eigenvalue weighted by atomic mass is 35.5. The van der Waals surface area contributed by atoms with Crippen molar-refractivity contribution >= 4 is 46.6 Å². The molecule has 1 saturated heterocycles. The maximum Gasteiger partial charge on any atom is 0.241 e. The molecule has 0 unspecified atom stereocenters. The van der Waals surface area contributed by atoms with E-state index in [2.05, 4.69) is 20.4 Å². The summed E-state index contributed by atoms with van der Waals surface area (Å²) in [5.74, 6) is 1.87. The van der Waals surface area contributed by atoms with Crippen LogP contribution in [0.2, 0.25) is 10.0 Å². The number of rotatable bonds is 8. The van der Waals surface area contributed by atoms with Gasteiger partial charge in [0.1, 0.15) is 0 Å². The van der Waals surface area contributed by atoms with Crippen molar-refractivity contribution in [2.24, 2.45) is 5.92 Å². The Kier molecular flexibility index (Phi) is 8.46. The van der Waals surface area contributed by atoms with E-state index >= 15 is 0 Å². The number of thioether (sulfide) groups is 1. The number of benzene rings is 3. The van der Waals surface area contributed by atoms with Crippen molar-refractivity contribution < 1.29 is 9.32 Å². The van der Waals surface area contributed by atoms with Gasteiger partial charge < -0.3 is 9.84 Å². The van der Waals surface area contributed by atoms with Crippen LogP contribution in [0.1, 0.15) is 24.3 Å². The molecule has 190 valence electrons. The number of nitrogens with one attached hydrogen (secondary N) is 1. The number of carbonyl (C=O) groups is 1. The maximum atomic E-state index is 13.1. The van der Waals surface area contributed by atoms with Gasteiger partial charge in [-0.2, -0.15) is 4.98 Å². The first-order chi connectivity index (χ1) is 18.0. The summed E-state index contributed by atoms with van der Waals surface area (Å²) in [6.07, 6.45) is 1.55. The molecule has 1 aliphatic heterocycles. The lowest BCUT2D eigenvalue weighted by Gasteiger charge is -2.30. The number of aromatic nitrogens is 2. The molecule has 1 aliphatic rings. The fourth-order valence-electron chi connectivity index (χ4n) is 4.29. The molecule has 9 heteroatoms. The number of piperidine rings is 1. The van der Waals surface area contributed by atoms with Crippen LogP contribution >= 0.6 is 35.0 Å². The molecule has 0 bridgehead atoms. The highest BCUT2D eigenvalue weighted by Crippen LogP contribution is 2.31. The van der Waals surface area contributed by atoms with Crippen LogP contribution in [-0.2, 0) is 17.1 Å². The van der Waals surface area contributed by atoms with Crippen molar-refractivity contribution in [3.8, 4) is 11.4 Å². The number of anilines is 1. The van der Waals surface area contributed by atoms with Crippen molar-refractivity contribution in [1.82, 2.24) is 15.0 Å². The summed E-state index contributed by atoms with van der Waals surface area (Å²) in [7, 11) is 0. The zero-order valence-corrected chi connectivity index (χ0v) is 22.4. The summed E-state index contributed by atoms with van der Waals surface area (Å²) in [5, 5.41) is 8.56. The highest BCUT2D eigenvalue weighted by Gasteiger charge is 2.26. The molecule has 0 atom stereocenters. The minimum Gasteiger partial charge on any atom is -0.338 e. The van der Waals surface area contributed by atoms with Crippen LogP contribution in [0.25, 0.3) is 11.4 Å². The van der Waals surface area contributed by atoms with Gasteiger partial charge in [0, 0.05) is 27.2 Å². The van der Waals surface area contributed by atoms with Crippen molar-refractivity contribution in [3.63, 3.8) is 0 Å². The Hall–Kier alpha value is -2.84. The Balaban J connectivity index is 1.13. The van der Waals surface area contributed by atoms with E-state index in [0.29, 0.717) is 23.3 Å². The highest BCUT2D eigenvalue weighted by molar-refractivity contribution is 7.98. The monoisotopic (exact) mass is 552 g/mol. The Morgan fingerprint density at radius 3 is 2.51 bits per heavy atom. The third-order valence-corrected chi connectivity index (χ3v) is 8.08. The molecule has 6 nitrogen and oxygen atoms in total. The SMILES string of the molecule is O=C(Nc1ccccc1SCc1ccc(Cl)cc1)C1CCN(Cc2nc(-c3ccccc3Cl)no2)CC1. The van der Waals surface area contributed by atoms with E-state index in [4.69, 9.17) is 27.7 Å². The van der Waals surface area contributed by atoms with Gasteiger partial charge >= 0.3 is 0 Å². The molecule has 2 heterocycles. The average molecular weight is 554 g/mol. The number of halogens is 2. The first-order valence-electron chi connectivity index (χ1n) is 12.1. The van der Waals surface area contributed by atoms with E-state index in [1.165, 1.54) is 5.56 Å². The molecular formula is C28H26Cl2N4O2S. The molecule has 0 radical (unpaired) electrons. The van der Waals surface area contributed by atoms with E-state index < -0.39 is 0 Å². The molecule has 0 saturated carbocycles. The second kappa shape index (κ2) is 12.1. The van der Waals surface area contributed by atoms with E-state index in [0.717, 1.165) is 52.9 Å². The van der Waals surface area contributed by atoms with Crippen LogP contribution in [0.4, 0.5) is 5.69 Å². The predicted molar refractivity (Wildman–Crippen MR) is 149 cm³/mol. The normalized spacial score (nSPS) is 14.5. The standard InChI is InChI=1S/C28H26Cl2N4O2S/c29-21-11-9-19(10-12-21)18-37-25-8-4-3-7-24(25)31-28(35)20-13-15-34(16-14-20)17-26-32-27(33-36-26)22-5-1-2-6-23(22)30/h1-12,20H,13-18H2,(H,31,35). The van der Waals surface area contributed by atoms with Crippen LogP contribution in [0.5, 0.6) is 0 Å². The lowest BCUT2D eigenvalue weighted by Crippen LogP contribution is -2.37. The van der Waals surface area contributed by atoms with Crippen LogP contribution in [0, 0.1) is 5.92 Å². The number of nitrogens with zero attached hydrogens (tertiary/aromatic N) is 3. The van der Waals surface area contributed by atoms with Crippen LogP contribution in [0.3, 0.4) is 0 Å². The molecule has 1 amide bonds. The zero-order valence-electron chi connectivity index (χ0n) is 20.1. The van der Waals surface area contributed by atoms with Gasteiger partial charge in [0.25, 0.3) is 0 Å². The minimum absolute atomic E-state index is 0.0352. The van der Waals surface area contributed by atoms with Gasteiger partial charge in [-0.05, 0) is 67.9 Å². The number of hydrogen-bond donors (Lipinski definition) is 1. The second-order valence-corrected chi connectivity index (χ2v) is 10.8. The topological polar surface area (TPSA) is 71.3 Å². The minimum atomic E-state index is -0.0352. The third kappa shape index (κ3) is 6.73. The fourth-order valence-corrected chi connectivity index (χ4v) is 5.60. The van der Waals surface area contributed by atoms with Crippen LogP contribution in [0.15, 0.2) is 82.2 Å². The number of hydrogen-bond acceptors (Lipinski definition) is 6. The molecule has 1 aromatic heterocycles. The molecule has 37 heavy (non-hydrogen) atoms. The molecule has 5 rings (SSSR count). The molecule has 0 spiro atoms. The quantitative estimate of drug-likeness (QED) is 0.233. The number of para-hydroxylation sites is 1. The summed E-state index contributed by atoms with van der Waals surface area (Å²) < 4.78 is 5.45. The van der Waals surface area contributed by atoms with Crippen molar-refractivity contribution in [2.45, 2.75) is 30.0 Å². The first-order valence-corrected chi connectivity index (χ1v) is 13.9. The summed E-state index contributed by atoms with van der Waals surface area (Å²) in [6, 6.07) is 23.2. The summed E-state index contributed by atoms with van der Waals surface area (Å²) in [5.41, 5.74) is 2.79. The number of carbonyl (C=O) groups excluding carboxylic acids is 1. The Morgan fingerprint density at radius 2 is 1.73 bits per heavy atom. The van der Waals surface area contributed by atoms with E-state index in [-0.39, 0.29) is 11.8 Å². The third-order valence-electron chi connectivity index (χ3n) is 6.35. The first kappa shape index (κ1) is 25.8. The molecule has 1 fully saturated rings. The number of likely N-dealkylation sites (tertiary alicyclic amines) is 1. The van der Waals surface area contributed by atoms with Gasteiger partial charge in [-0.25, -0.2) is 0 Å². The summed E-state index contributed by atoms with van der Waals surface area (Å²) in [4.78, 5) is 20.9. The molecule has 4 aromatic rings. The molecule has 3 aromatic carbocycles. The van der Waals surface area contributed by atoms with Gasteiger partial charge in [-0.1, -0.05) is 64.8 Å².